The van der Waals surface area contributed by atoms with Crippen molar-refractivity contribution in [1.29, 1.82) is 0 Å². The number of alkyl halides is 1. The van der Waals surface area contributed by atoms with Crippen LogP contribution in [0.4, 0.5) is 4.39 Å². The van der Waals surface area contributed by atoms with E-state index in [1.54, 1.807) is 0 Å². The molecule has 1 saturated heterocycles. The number of aliphatic hydroxyl groups is 1. The molecule has 0 unspecified atom stereocenters. The molecule has 1 fully saturated rings. The van der Waals surface area contributed by atoms with Crippen LogP contribution in [0, 0.1) is 0 Å². The normalized spacial score (nSPS) is 41.8. The zero-order valence-corrected chi connectivity index (χ0v) is 9.05. The minimum atomic E-state index is -1.62. The van der Waals surface area contributed by atoms with Gasteiger partial charge in [-0.15, -0.1) is 0 Å². The Morgan fingerprint density at radius 2 is 1.80 bits per heavy atom. The Kier molecular flexibility index (Phi) is 4.88. The van der Waals surface area contributed by atoms with E-state index >= 15 is 0 Å². The summed E-state index contributed by atoms with van der Waals surface area (Å²) >= 11 is 0. The summed E-state index contributed by atoms with van der Waals surface area (Å²) in [5.74, 6) is 0. The van der Waals surface area contributed by atoms with Gasteiger partial charge in [0.25, 0.3) is 0 Å². The Balaban J connectivity index is 2.70. The van der Waals surface area contributed by atoms with E-state index in [2.05, 4.69) is 0 Å². The Hall–Kier alpha value is -0.270. The molecule has 0 aromatic carbocycles. The van der Waals surface area contributed by atoms with Gasteiger partial charge in [-0.2, -0.15) is 0 Å². The van der Waals surface area contributed by atoms with E-state index in [4.69, 9.17) is 18.9 Å². The molecule has 1 heterocycles. The molecule has 0 aliphatic carbocycles. The van der Waals surface area contributed by atoms with Gasteiger partial charge >= 0.3 is 0 Å². The lowest BCUT2D eigenvalue weighted by Crippen LogP contribution is -2.58. The largest absolute Gasteiger partial charge is 0.387 e. The fourth-order valence-corrected chi connectivity index (χ4v) is 1.70. The molecule has 0 aromatic rings. The van der Waals surface area contributed by atoms with E-state index in [0.29, 0.717) is 0 Å². The number of hydrogen-bond acceptors (Lipinski definition) is 5. The maximum absolute atomic E-state index is 13.4. The van der Waals surface area contributed by atoms with Crippen LogP contribution in [0.25, 0.3) is 0 Å². The molecule has 0 saturated carbocycles. The summed E-state index contributed by atoms with van der Waals surface area (Å²) < 4.78 is 33.1. The lowest BCUT2D eigenvalue weighted by Gasteiger charge is -2.40. The van der Waals surface area contributed by atoms with Gasteiger partial charge in [0.1, 0.15) is 24.4 Å². The zero-order valence-electron chi connectivity index (χ0n) is 9.05. The van der Waals surface area contributed by atoms with Crippen molar-refractivity contribution in [1.82, 2.24) is 0 Å². The Bertz CT molecular complexity index is 191. The first-order chi connectivity index (χ1) is 7.15. The smallest absolute Gasteiger partial charge is 0.228 e. The number of hydrogen-bond donors (Lipinski definition) is 1. The van der Waals surface area contributed by atoms with Crippen LogP contribution in [0.5, 0.6) is 0 Å². The van der Waals surface area contributed by atoms with E-state index in [-0.39, 0.29) is 6.61 Å². The number of methoxy groups -OCH3 is 3. The molecule has 1 aliphatic heterocycles. The minimum Gasteiger partial charge on any atom is -0.387 e. The van der Waals surface area contributed by atoms with Crippen LogP contribution in [0.3, 0.4) is 0 Å². The van der Waals surface area contributed by atoms with Crippen molar-refractivity contribution in [2.24, 2.45) is 0 Å². The van der Waals surface area contributed by atoms with Gasteiger partial charge in [-0.3, -0.25) is 0 Å². The van der Waals surface area contributed by atoms with E-state index in [1.165, 1.54) is 21.3 Å². The summed E-state index contributed by atoms with van der Waals surface area (Å²) in [6.45, 7) is 0.109. The molecular formula is C9H17FO5. The van der Waals surface area contributed by atoms with Crippen LogP contribution in [-0.4, -0.2) is 63.8 Å². The molecule has 5 nitrogen and oxygen atoms in total. The van der Waals surface area contributed by atoms with Gasteiger partial charge in [-0.25, -0.2) is 4.39 Å². The van der Waals surface area contributed by atoms with Gasteiger partial charge in [0, 0.05) is 21.3 Å². The zero-order chi connectivity index (χ0) is 11.4. The Labute approximate surface area is 88.1 Å². The molecular weight excluding hydrogens is 207 g/mol. The second-order valence-electron chi connectivity index (χ2n) is 3.37. The van der Waals surface area contributed by atoms with Crippen molar-refractivity contribution in [3.63, 3.8) is 0 Å². The standard InChI is InChI=1S/C9H17FO5/c1-12-4-5-6(11)7(13-2)8(14-3)9(10)15-5/h5-9,11H,4H2,1-3H3/t5-,6-,7+,8-,9-/m1/s1. The molecule has 15 heavy (non-hydrogen) atoms. The van der Waals surface area contributed by atoms with Gasteiger partial charge in [0.2, 0.25) is 6.36 Å². The quantitative estimate of drug-likeness (QED) is 0.711. The average Bonchev–Trinajstić information content (AvgIpc) is 2.22. The van der Waals surface area contributed by atoms with Crippen LogP contribution < -0.4 is 0 Å². The minimum absolute atomic E-state index is 0.109. The number of ether oxygens (including phenoxy) is 4. The van der Waals surface area contributed by atoms with E-state index < -0.39 is 30.8 Å². The molecule has 6 heteroatoms. The van der Waals surface area contributed by atoms with Crippen molar-refractivity contribution < 1.29 is 28.4 Å². The Morgan fingerprint density at radius 3 is 2.27 bits per heavy atom. The summed E-state index contributed by atoms with van der Waals surface area (Å²) in [7, 11) is 4.19. The van der Waals surface area contributed by atoms with Gasteiger partial charge in [-0.05, 0) is 0 Å². The molecule has 1 rings (SSSR count). The highest BCUT2D eigenvalue weighted by atomic mass is 19.1. The highest BCUT2D eigenvalue weighted by Gasteiger charge is 2.46. The molecule has 5 atom stereocenters. The summed E-state index contributed by atoms with van der Waals surface area (Å²) in [6.07, 6.45) is -4.99. The van der Waals surface area contributed by atoms with E-state index in [9.17, 15) is 9.50 Å². The average molecular weight is 224 g/mol. The lowest BCUT2D eigenvalue weighted by molar-refractivity contribution is -0.274. The molecule has 0 radical (unpaired) electrons. The first kappa shape index (κ1) is 12.8. The second kappa shape index (κ2) is 5.72. The number of rotatable bonds is 4. The second-order valence-corrected chi connectivity index (χ2v) is 3.37. The van der Waals surface area contributed by atoms with Crippen molar-refractivity contribution in [2.45, 2.75) is 30.8 Å². The Morgan fingerprint density at radius 1 is 1.20 bits per heavy atom. The van der Waals surface area contributed by atoms with Gasteiger partial charge in [-0.1, -0.05) is 0 Å². The maximum atomic E-state index is 13.4. The fourth-order valence-electron chi connectivity index (χ4n) is 1.70. The summed E-state index contributed by atoms with van der Waals surface area (Å²) in [5.41, 5.74) is 0. The molecule has 90 valence electrons. The third kappa shape index (κ3) is 2.64. The first-order valence-corrected chi connectivity index (χ1v) is 4.67. The highest BCUT2D eigenvalue weighted by Crippen LogP contribution is 2.25. The van der Waals surface area contributed by atoms with Crippen LogP contribution in [0.15, 0.2) is 0 Å². The van der Waals surface area contributed by atoms with Crippen molar-refractivity contribution in [3.05, 3.63) is 0 Å². The third-order valence-electron chi connectivity index (χ3n) is 2.48. The lowest BCUT2D eigenvalue weighted by atomic mass is 9.99. The predicted molar refractivity (Wildman–Crippen MR) is 49.2 cm³/mol. The topological polar surface area (TPSA) is 57.2 Å². The van der Waals surface area contributed by atoms with Crippen molar-refractivity contribution >= 4 is 0 Å². The van der Waals surface area contributed by atoms with Gasteiger partial charge < -0.3 is 24.1 Å². The van der Waals surface area contributed by atoms with Crippen LogP contribution in [-0.2, 0) is 18.9 Å². The maximum Gasteiger partial charge on any atom is 0.228 e. The fraction of sp³-hybridized carbons (Fsp3) is 1.00. The monoisotopic (exact) mass is 224 g/mol. The van der Waals surface area contributed by atoms with E-state index in [1.807, 2.05) is 0 Å². The summed E-state index contributed by atoms with van der Waals surface area (Å²) in [4.78, 5) is 0. The van der Waals surface area contributed by atoms with Crippen LogP contribution in [0.2, 0.25) is 0 Å². The van der Waals surface area contributed by atoms with Crippen molar-refractivity contribution in [3.8, 4) is 0 Å². The predicted octanol–water partition coefficient (Wildman–Crippen LogP) is -0.282. The van der Waals surface area contributed by atoms with Gasteiger partial charge in [0.05, 0.1) is 6.61 Å². The molecule has 1 N–H and O–H groups in total. The third-order valence-corrected chi connectivity index (χ3v) is 2.48. The van der Waals surface area contributed by atoms with E-state index in [0.717, 1.165) is 0 Å². The molecule has 0 bridgehead atoms. The SMILES string of the molecule is COC[C@H]1O[C@@H](F)[C@H](OC)[C@@H](OC)[C@@H]1O. The molecule has 0 spiro atoms. The summed E-state index contributed by atoms with van der Waals surface area (Å²) in [6, 6.07) is 0. The highest BCUT2D eigenvalue weighted by molar-refractivity contribution is 4.90. The number of aliphatic hydroxyl groups excluding tert-OH is 1. The molecule has 0 amide bonds. The first-order valence-electron chi connectivity index (χ1n) is 4.67. The van der Waals surface area contributed by atoms with Crippen LogP contribution in [0.1, 0.15) is 0 Å². The van der Waals surface area contributed by atoms with Crippen LogP contribution >= 0.6 is 0 Å². The van der Waals surface area contributed by atoms with Gasteiger partial charge in [0.15, 0.2) is 0 Å². The number of halogens is 1. The summed E-state index contributed by atoms with van der Waals surface area (Å²) in [5, 5.41) is 9.80. The van der Waals surface area contributed by atoms with Crippen molar-refractivity contribution in [2.75, 3.05) is 27.9 Å². The molecule has 1 aliphatic rings. The molecule has 0 aromatic heterocycles.